The third-order valence-electron chi connectivity index (χ3n) is 11.3. The Bertz CT molecular complexity index is 630. The molecule has 2 nitrogen and oxygen atoms in total. The number of aliphatic hydroxyl groups is 1. The summed E-state index contributed by atoms with van der Waals surface area (Å²) in [6, 6.07) is 0. The van der Waals surface area contributed by atoms with Crippen LogP contribution >= 0.6 is 0 Å². The average molecular weight is 403 g/mol. The van der Waals surface area contributed by atoms with Gasteiger partial charge in [-0.3, -0.25) is 0 Å². The van der Waals surface area contributed by atoms with E-state index in [1.165, 1.54) is 57.8 Å². The summed E-state index contributed by atoms with van der Waals surface area (Å²) in [4.78, 5) is 0. The molecule has 0 radical (unpaired) electrons. The van der Waals surface area contributed by atoms with Crippen LogP contribution in [0.25, 0.3) is 0 Å². The van der Waals surface area contributed by atoms with Gasteiger partial charge in [0.2, 0.25) is 0 Å². The molecular formula is C27H46O2. The smallest absolute Gasteiger partial charge is 0.103 e. The summed E-state index contributed by atoms with van der Waals surface area (Å²) < 4.78 is 6.51. The number of epoxide rings is 1. The maximum Gasteiger partial charge on any atom is 0.103 e. The summed E-state index contributed by atoms with van der Waals surface area (Å²) in [6.45, 7) is 12.6. The average Bonchev–Trinajstić information content (AvgIpc) is 3.22. The van der Waals surface area contributed by atoms with Gasteiger partial charge in [-0.1, -0.05) is 53.9 Å². The first-order chi connectivity index (χ1) is 13.7. The Morgan fingerprint density at radius 2 is 1.76 bits per heavy atom. The third kappa shape index (κ3) is 2.94. The fourth-order valence-electron chi connectivity index (χ4n) is 9.68. The van der Waals surface area contributed by atoms with E-state index in [0.717, 1.165) is 48.3 Å². The summed E-state index contributed by atoms with van der Waals surface area (Å²) in [7, 11) is 0. The van der Waals surface area contributed by atoms with Gasteiger partial charge in [-0.25, -0.2) is 0 Å². The molecule has 5 unspecified atom stereocenters. The van der Waals surface area contributed by atoms with Gasteiger partial charge >= 0.3 is 0 Å². The van der Waals surface area contributed by atoms with Crippen LogP contribution in [0.15, 0.2) is 0 Å². The molecule has 5 aliphatic rings. The first-order valence-corrected chi connectivity index (χ1v) is 13.1. The van der Waals surface area contributed by atoms with Crippen molar-refractivity contribution in [3.8, 4) is 0 Å². The van der Waals surface area contributed by atoms with Gasteiger partial charge in [0.05, 0.1) is 12.2 Å². The monoisotopic (exact) mass is 402 g/mol. The molecule has 29 heavy (non-hydrogen) atoms. The van der Waals surface area contributed by atoms with Crippen molar-refractivity contribution < 1.29 is 9.84 Å². The number of ether oxygens (including phenoxy) is 1. The molecule has 0 aromatic carbocycles. The van der Waals surface area contributed by atoms with Gasteiger partial charge in [0.1, 0.15) is 5.60 Å². The van der Waals surface area contributed by atoms with Crippen molar-refractivity contribution >= 4 is 0 Å². The van der Waals surface area contributed by atoms with Crippen molar-refractivity contribution in [1.82, 2.24) is 0 Å². The van der Waals surface area contributed by atoms with E-state index in [1.54, 1.807) is 0 Å². The number of fused-ring (bicyclic) bond motifs is 4. The highest BCUT2D eigenvalue weighted by molar-refractivity contribution is 5.24. The molecule has 1 aliphatic heterocycles. The van der Waals surface area contributed by atoms with Crippen molar-refractivity contribution in [1.29, 1.82) is 0 Å². The molecular weight excluding hydrogens is 356 g/mol. The quantitative estimate of drug-likeness (QED) is 0.525. The largest absolute Gasteiger partial charge is 0.393 e. The molecule has 0 aromatic heterocycles. The molecule has 4 saturated carbocycles. The molecule has 0 amide bonds. The summed E-state index contributed by atoms with van der Waals surface area (Å²) in [6.07, 6.45) is 14.8. The van der Waals surface area contributed by atoms with Crippen LogP contribution in [0.5, 0.6) is 0 Å². The fourth-order valence-corrected chi connectivity index (χ4v) is 9.68. The van der Waals surface area contributed by atoms with Crippen molar-refractivity contribution in [2.24, 2.45) is 46.3 Å². The predicted molar refractivity (Wildman–Crippen MR) is 119 cm³/mol. The van der Waals surface area contributed by atoms with E-state index in [0.29, 0.717) is 16.9 Å². The molecule has 5 fully saturated rings. The summed E-state index contributed by atoms with van der Waals surface area (Å²) in [5.74, 6) is 5.31. The minimum absolute atomic E-state index is 0.0434. The summed E-state index contributed by atoms with van der Waals surface area (Å²) in [5.41, 5.74) is 0.932. The zero-order valence-electron chi connectivity index (χ0n) is 19.8. The zero-order chi connectivity index (χ0) is 20.6. The molecule has 1 spiro atoms. The summed E-state index contributed by atoms with van der Waals surface area (Å²) >= 11 is 0. The molecule has 1 heterocycles. The highest BCUT2D eigenvalue weighted by atomic mass is 16.6. The van der Waals surface area contributed by atoms with Crippen LogP contribution < -0.4 is 0 Å². The van der Waals surface area contributed by atoms with Crippen molar-refractivity contribution in [2.45, 2.75) is 123 Å². The van der Waals surface area contributed by atoms with E-state index in [9.17, 15) is 5.11 Å². The van der Waals surface area contributed by atoms with Crippen molar-refractivity contribution in [2.75, 3.05) is 0 Å². The molecule has 166 valence electrons. The SMILES string of the molecule is CC(C)CCCC(C)C1CCC2C3C[C@H]4O[C@]45C[C@@H](O)CC[C@]5(C)C3CC[C@]12C. The Kier molecular flexibility index (Phi) is 4.99. The second-order valence-electron chi connectivity index (χ2n) is 13.0. The van der Waals surface area contributed by atoms with Gasteiger partial charge < -0.3 is 9.84 Å². The first kappa shape index (κ1) is 20.8. The molecule has 5 rings (SSSR count). The van der Waals surface area contributed by atoms with E-state index < -0.39 is 0 Å². The molecule has 0 bridgehead atoms. The highest BCUT2D eigenvalue weighted by Gasteiger charge is 2.76. The highest BCUT2D eigenvalue weighted by Crippen LogP contribution is 2.74. The maximum atomic E-state index is 10.4. The third-order valence-corrected chi connectivity index (χ3v) is 11.3. The van der Waals surface area contributed by atoms with Crippen molar-refractivity contribution in [3.05, 3.63) is 0 Å². The normalized spacial score (nSPS) is 54.3. The van der Waals surface area contributed by atoms with E-state index >= 15 is 0 Å². The van der Waals surface area contributed by atoms with Crippen LogP contribution in [0, 0.1) is 46.3 Å². The Balaban J connectivity index is 1.33. The first-order valence-electron chi connectivity index (χ1n) is 13.1. The van der Waals surface area contributed by atoms with Gasteiger partial charge in [0.15, 0.2) is 0 Å². The Labute approximate surface area is 179 Å². The van der Waals surface area contributed by atoms with Crippen LogP contribution in [0.1, 0.15) is 105 Å². The molecule has 10 atom stereocenters. The van der Waals surface area contributed by atoms with E-state index in [-0.39, 0.29) is 11.7 Å². The second kappa shape index (κ2) is 6.96. The topological polar surface area (TPSA) is 32.8 Å². The van der Waals surface area contributed by atoms with Crippen LogP contribution in [0.2, 0.25) is 0 Å². The standard InChI is InChI=1S/C27H46O2/c1-17(2)7-6-8-18(3)21-9-10-22-20-15-24-27(29-24)16-19(28)11-14-26(27,5)23(20)12-13-25(21,22)4/h17-24,28H,6-16H2,1-5H3/t18?,19-,20?,21?,22?,23?,24+,25+,26+,27+/m0/s1. The number of aliphatic hydroxyl groups excluding tert-OH is 1. The number of hydrogen-bond acceptors (Lipinski definition) is 2. The Morgan fingerprint density at radius 3 is 2.52 bits per heavy atom. The predicted octanol–water partition coefficient (Wildman–Crippen LogP) is 6.60. The molecule has 2 heteroatoms. The summed E-state index contributed by atoms with van der Waals surface area (Å²) in [5, 5.41) is 10.4. The molecule has 1 saturated heterocycles. The zero-order valence-corrected chi connectivity index (χ0v) is 19.8. The second-order valence-corrected chi connectivity index (χ2v) is 13.0. The van der Waals surface area contributed by atoms with E-state index in [4.69, 9.17) is 4.74 Å². The van der Waals surface area contributed by atoms with Gasteiger partial charge in [-0.15, -0.1) is 0 Å². The van der Waals surface area contributed by atoms with E-state index in [1.807, 2.05) is 0 Å². The number of rotatable bonds is 5. The van der Waals surface area contributed by atoms with Crippen LogP contribution in [0.3, 0.4) is 0 Å². The maximum absolute atomic E-state index is 10.4. The van der Waals surface area contributed by atoms with Gasteiger partial charge in [-0.2, -0.15) is 0 Å². The lowest BCUT2D eigenvalue weighted by atomic mass is 9.44. The minimum Gasteiger partial charge on any atom is -0.393 e. The minimum atomic E-state index is -0.124. The lowest BCUT2D eigenvalue weighted by Gasteiger charge is -2.59. The van der Waals surface area contributed by atoms with Crippen LogP contribution in [0.4, 0.5) is 0 Å². The molecule has 0 aromatic rings. The number of hydrogen-bond donors (Lipinski definition) is 1. The van der Waals surface area contributed by atoms with E-state index in [2.05, 4.69) is 34.6 Å². The lowest BCUT2D eigenvalue weighted by molar-refractivity contribution is -0.116. The Hall–Kier alpha value is -0.0800. The van der Waals surface area contributed by atoms with Crippen LogP contribution in [-0.2, 0) is 4.74 Å². The molecule has 1 N–H and O–H groups in total. The van der Waals surface area contributed by atoms with Crippen LogP contribution in [-0.4, -0.2) is 22.9 Å². The van der Waals surface area contributed by atoms with Gasteiger partial charge in [0.25, 0.3) is 0 Å². The lowest BCUT2D eigenvalue weighted by Crippen LogP contribution is -2.58. The van der Waals surface area contributed by atoms with Gasteiger partial charge in [0, 0.05) is 11.8 Å². The van der Waals surface area contributed by atoms with Crippen molar-refractivity contribution in [3.63, 3.8) is 0 Å². The Morgan fingerprint density at radius 1 is 0.966 bits per heavy atom. The molecule has 4 aliphatic carbocycles. The fraction of sp³-hybridized carbons (Fsp3) is 1.00. The van der Waals surface area contributed by atoms with Gasteiger partial charge in [-0.05, 0) is 85.9 Å².